The smallest absolute Gasteiger partial charge is 0.167 e. The third-order valence-corrected chi connectivity index (χ3v) is 3.62. The number of nitrogens with two attached hydrogens (primary N) is 1. The Balaban J connectivity index is 2.27. The highest BCUT2D eigenvalue weighted by Crippen LogP contribution is 2.27. The normalized spacial score (nSPS) is 28.4. The molecule has 0 spiro atoms. The van der Waals surface area contributed by atoms with E-state index in [4.69, 9.17) is 29.6 Å². The topological polar surface area (TPSA) is 50.1 Å². The van der Waals surface area contributed by atoms with Crippen LogP contribution in [-0.2, 0) is 0 Å². The molecule has 92 valence electrons. The summed E-state index contributed by atoms with van der Waals surface area (Å²) in [7, 11) is 0. The van der Waals surface area contributed by atoms with Gasteiger partial charge in [-0.25, -0.2) is 0 Å². The zero-order valence-corrected chi connectivity index (χ0v) is 11.2. The van der Waals surface area contributed by atoms with Gasteiger partial charge in [-0.3, -0.25) is 0 Å². The number of nitrogens with one attached hydrogen (secondary N) is 2. The molecule has 1 heterocycles. The summed E-state index contributed by atoms with van der Waals surface area (Å²) >= 11 is 11.0. The third-order valence-electron chi connectivity index (χ3n) is 3.13. The quantitative estimate of drug-likeness (QED) is 0.719. The molecule has 17 heavy (non-hydrogen) atoms. The number of rotatable bonds is 2. The average molecular weight is 270 g/mol. The Morgan fingerprint density at radius 3 is 2.53 bits per heavy atom. The molecule has 0 aliphatic carbocycles. The molecular formula is C12H16ClN3S. The van der Waals surface area contributed by atoms with E-state index in [0.717, 1.165) is 11.4 Å². The van der Waals surface area contributed by atoms with Crippen LogP contribution in [0.1, 0.15) is 24.8 Å². The van der Waals surface area contributed by atoms with Crippen molar-refractivity contribution in [2.45, 2.75) is 31.5 Å². The first-order valence-corrected chi connectivity index (χ1v) is 6.48. The van der Waals surface area contributed by atoms with Crippen molar-refractivity contribution in [2.75, 3.05) is 0 Å². The highest BCUT2D eigenvalue weighted by atomic mass is 35.5. The van der Waals surface area contributed by atoms with E-state index in [9.17, 15) is 0 Å². The summed E-state index contributed by atoms with van der Waals surface area (Å²) in [6.45, 7) is 2.13. The van der Waals surface area contributed by atoms with Gasteiger partial charge in [0.25, 0.3) is 0 Å². The van der Waals surface area contributed by atoms with Gasteiger partial charge in [-0.1, -0.05) is 30.7 Å². The van der Waals surface area contributed by atoms with Crippen molar-refractivity contribution in [1.29, 1.82) is 0 Å². The molecule has 1 aromatic rings. The molecular weight excluding hydrogens is 254 g/mol. The van der Waals surface area contributed by atoms with Crippen LogP contribution in [0.5, 0.6) is 0 Å². The number of hydrogen-bond acceptors (Lipinski definition) is 2. The molecule has 0 bridgehead atoms. The van der Waals surface area contributed by atoms with Gasteiger partial charge in [-0.2, -0.15) is 0 Å². The van der Waals surface area contributed by atoms with E-state index in [2.05, 4.69) is 17.6 Å². The van der Waals surface area contributed by atoms with Crippen LogP contribution in [0, 0.1) is 0 Å². The Morgan fingerprint density at radius 2 is 1.94 bits per heavy atom. The van der Waals surface area contributed by atoms with Gasteiger partial charge in [0.05, 0.1) is 6.17 Å². The van der Waals surface area contributed by atoms with E-state index in [-0.39, 0.29) is 18.1 Å². The average Bonchev–Trinajstić information content (AvgIpc) is 2.30. The van der Waals surface area contributed by atoms with Crippen molar-refractivity contribution < 1.29 is 0 Å². The summed E-state index contributed by atoms with van der Waals surface area (Å²) < 4.78 is 0. The first-order valence-electron chi connectivity index (χ1n) is 5.70. The second kappa shape index (κ2) is 5.21. The fourth-order valence-electron chi connectivity index (χ4n) is 2.27. The van der Waals surface area contributed by atoms with Crippen LogP contribution >= 0.6 is 23.8 Å². The number of thiocarbonyl (C=S) groups is 1. The molecule has 1 aliphatic heterocycles. The standard InChI is InChI=1S/C12H16ClN3S/c1-2-9-10(11(14)16-12(17)15-9)7-3-5-8(13)6-4-7/h3-6,9-11H,2,14H2,1H3,(H2,15,16,17). The summed E-state index contributed by atoms with van der Waals surface area (Å²) in [5.74, 6) is 0.198. The minimum absolute atomic E-state index is 0.158. The summed E-state index contributed by atoms with van der Waals surface area (Å²) in [6, 6.07) is 8.09. The van der Waals surface area contributed by atoms with Gasteiger partial charge in [0, 0.05) is 17.0 Å². The first-order chi connectivity index (χ1) is 8.11. The van der Waals surface area contributed by atoms with Crippen LogP contribution < -0.4 is 16.4 Å². The fraction of sp³-hybridized carbons (Fsp3) is 0.417. The van der Waals surface area contributed by atoms with Gasteiger partial charge >= 0.3 is 0 Å². The third kappa shape index (κ3) is 2.70. The molecule has 0 aromatic heterocycles. The molecule has 1 aliphatic rings. The van der Waals surface area contributed by atoms with Gasteiger partial charge in [0.15, 0.2) is 5.11 Å². The molecule has 1 fully saturated rings. The number of halogens is 1. The first kappa shape index (κ1) is 12.6. The lowest BCUT2D eigenvalue weighted by Gasteiger charge is -2.39. The van der Waals surface area contributed by atoms with Gasteiger partial charge < -0.3 is 16.4 Å². The Kier molecular flexibility index (Phi) is 3.86. The zero-order valence-electron chi connectivity index (χ0n) is 9.61. The second-order valence-electron chi connectivity index (χ2n) is 4.24. The van der Waals surface area contributed by atoms with E-state index < -0.39 is 0 Å². The summed E-state index contributed by atoms with van der Waals surface area (Å²) in [5.41, 5.74) is 7.31. The van der Waals surface area contributed by atoms with E-state index in [1.165, 1.54) is 5.56 Å². The highest BCUT2D eigenvalue weighted by Gasteiger charge is 2.32. The number of benzene rings is 1. The second-order valence-corrected chi connectivity index (χ2v) is 5.08. The molecule has 3 nitrogen and oxygen atoms in total. The van der Waals surface area contributed by atoms with E-state index >= 15 is 0 Å². The zero-order chi connectivity index (χ0) is 12.4. The van der Waals surface area contributed by atoms with E-state index in [0.29, 0.717) is 5.11 Å². The van der Waals surface area contributed by atoms with Crippen LogP contribution in [0.3, 0.4) is 0 Å². The Hall–Kier alpha value is -0.840. The molecule has 1 aromatic carbocycles. The van der Waals surface area contributed by atoms with Crippen molar-refractivity contribution in [2.24, 2.45) is 5.73 Å². The van der Waals surface area contributed by atoms with Crippen LogP contribution in [-0.4, -0.2) is 17.3 Å². The Bertz CT molecular complexity index is 407. The van der Waals surface area contributed by atoms with Crippen molar-refractivity contribution in [3.63, 3.8) is 0 Å². The molecule has 0 radical (unpaired) electrons. The van der Waals surface area contributed by atoms with Crippen molar-refractivity contribution in [3.8, 4) is 0 Å². The monoisotopic (exact) mass is 269 g/mol. The van der Waals surface area contributed by atoms with Crippen LogP contribution in [0.25, 0.3) is 0 Å². The molecule has 4 N–H and O–H groups in total. The minimum atomic E-state index is -0.158. The lowest BCUT2D eigenvalue weighted by atomic mass is 9.86. The molecule has 1 saturated heterocycles. The Morgan fingerprint density at radius 1 is 1.29 bits per heavy atom. The molecule has 2 rings (SSSR count). The van der Waals surface area contributed by atoms with E-state index in [1.54, 1.807) is 0 Å². The minimum Gasteiger partial charge on any atom is -0.359 e. The maximum absolute atomic E-state index is 6.13. The molecule has 3 unspecified atom stereocenters. The van der Waals surface area contributed by atoms with Crippen molar-refractivity contribution in [1.82, 2.24) is 10.6 Å². The lowest BCUT2D eigenvalue weighted by Crippen LogP contribution is -2.62. The van der Waals surface area contributed by atoms with Crippen LogP contribution in [0.4, 0.5) is 0 Å². The molecule has 5 heteroatoms. The maximum atomic E-state index is 6.13. The van der Waals surface area contributed by atoms with Gasteiger partial charge in [0.2, 0.25) is 0 Å². The van der Waals surface area contributed by atoms with Crippen molar-refractivity contribution in [3.05, 3.63) is 34.9 Å². The SMILES string of the molecule is CCC1NC(=S)NC(N)C1c1ccc(Cl)cc1. The predicted molar refractivity (Wildman–Crippen MR) is 75.1 cm³/mol. The molecule has 3 atom stereocenters. The maximum Gasteiger partial charge on any atom is 0.167 e. The van der Waals surface area contributed by atoms with E-state index in [1.807, 2.05) is 24.3 Å². The highest BCUT2D eigenvalue weighted by molar-refractivity contribution is 7.80. The van der Waals surface area contributed by atoms with Gasteiger partial charge in [-0.05, 0) is 36.3 Å². The fourth-order valence-corrected chi connectivity index (χ4v) is 2.69. The number of hydrogen-bond donors (Lipinski definition) is 3. The largest absolute Gasteiger partial charge is 0.359 e. The summed E-state index contributed by atoms with van der Waals surface area (Å²) in [4.78, 5) is 0. The summed E-state index contributed by atoms with van der Waals surface area (Å²) in [6.07, 6.45) is 0.817. The van der Waals surface area contributed by atoms with Gasteiger partial charge in [0.1, 0.15) is 0 Å². The van der Waals surface area contributed by atoms with Crippen LogP contribution in [0.2, 0.25) is 5.02 Å². The molecule has 0 amide bonds. The van der Waals surface area contributed by atoms with Crippen molar-refractivity contribution >= 4 is 28.9 Å². The molecule has 0 saturated carbocycles. The summed E-state index contributed by atoms with van der Waals surface area (Å²) in [5, 5.41) is 7.71. The Labute approximate surface area is 112 Å². The lowest BCUT2D eigenvalue weighted by molar-refractivity contribution is 0.361. The predicted octanol–water partition coefficient (Wildman–Crippen LogP) is 1.96. The van der Waals surface area contributed by atoms with Crippen LogP contribution in [0.15, 0.2) is 24.3 Å². The van der Waals surface area contributed by atoms with Gasteiger partial charge in [-0.15, -0.1) is 0 Å².